The second-order valence-electron chi connectivity index (χ2n) is 8.42. The molecule has 3 heterocycles. The Morgan fingerprint density at radius 1 is 1.12 bits per heavy atom. The molecule has 7 nitrogen and oxygen atoms in total. The lowest BCUT2D eigenvalue weighted by molar-refractivity contribution is -0.137. The van der Waals surface area contributed by atoms with Crippen LogP contribution >= 0.6 is 0 Å². The van der Waals surface area contributed by atoms with E-state index in [-0.39, 0.29) is 29.5 Å². The van der Waals surface area contributed by atoms with Crippen molar-refractivity contribution in [1.82, 2.24) is 24.9 Å². The number of alkyl halides is 3. The average molecular weight is 460 g/mol. The van der Waals surface area contributed by atoms with E-state index in [9.17, 15) is 22.4 Å². The normalized spacial score (nSPS) is 22.1. The van der Waals surface area contributed by atoms with Crippen molar-refractivity contribution in [3.05, 3.63) is 65.9 Å². The fraction of sp³-hybridized carbons (Fsp3) is 0.364. The first-order valence-electron chi connectivity index (χ1n) is 10.5. The number of pyridine rings is 1. The minimum absolute atomic E-state index is 0.114. The van der Waals surface area contributed by atoms with Gasteiger partial charge in [-0.2, -0.15) is 28.2 Å². The molecule has 0 radical (unpaired) electrons. The van der Waals surface area contributed by atoms with E-state index in [0.717, 1.165) is 25.1 Å². The zero-order chi connectivity index (χ0) is 23.3. The van der Waals surface area contributed by atoms with E-state index in [1.165, 1.54) is 41.5 Å². The first-order valence-corrected chi connectivity index (χ1v) is 10.5. The highest BCUT2D eigenvalue weighted by Crippen LogP contribution is 2.42. The van der Waals surface area contributed by atoms with Crippen LogP contribution in [-0.4, -0.2) is 56.5 Å². The summed E-state index contributed by atoms with van der Waals surface area (Å²) in [5, 5.41) is 8.11. The summed E-state index contributed by atoms with van der Waals surface area (Å²) in [6.45, 7) is 0.538. The first-order chi connectivity index (χ1) is 15.7. The maximum atomic E-state index is 14.0. The Bertz CT molecular complexity index is 1160. The first kappa shape index (κ1) is 21.4. The van der Waals surface area contributed by atoms with E-state index < -0.39 is 17.6 Å². The molecule has 1 amide bonds. The van der Waals surface area contributed by atoms with Gasteiger partial charge in [-0.15, -0.1) is 0 Å². The number of rotatable bonds is 4. The number of anilines is 1. The molecule has 2 aliphatic rings. The third-order valence-corrected chi connectivity index (χ3v) is 6.47. The van der Waals surface area contributed by atoms with Gasteiger partial charge in [0.25, 0.3) is 5.91 Å². The summed E-state index contributed by atoms with van der Waals surface area (Å²) < 4.78 is 52.7. The van der Waals surface area contributed by atoms with Crippen molar-refractivity contribution in [2.45, 2.75) is 31.1 Å². The zero-order valence-corrected chi connectivity index (χ0v) is 17.6. The minimum Gasteiger partial charge on any atom is -0.355 e. The number of amides is 1. The molecule has 0 N–H and O–H groups in total. The number of fused-ring (bicyclic) bond motifs is 2. The Morgan fingerprint density at radius 2 is 1.88 bits per heavy atom. The van der Waals surface area contributed by atoms with Gasteiger partial charge in [0, 0.05) is 19.8 Å². The number of halogens is 4. The molecule has 2 bridgehead atoms. The van der Waals surface area contributed by atoms with Crippen LogP contribution < -0.4 is 4.90 Å². The second-order valence-corrected chi connectivity index (χ2v) is 8.42. The zero-order valence-electron chi connectivity index (χ0n) is 17.6. The van der Waals surface area contributed by atoms with Gasteiger partial charge < -0.3 is 9.80 Å². The van der Waals surface area contributed by atoms with E-state index in [1.807, 2.05) is 4.90 Å². The predicted molar refractivity (Wildman–Crippen MR) is 110 cm³/mol. The van der Waals surface area contributed by atoms with Crippen molar-refractivity contribution < 1.29 is 22.4 Å². The highest BCUT2D eigenvalue weighted by atomic mass is 19.4. The van der Waals surface area contributed by atoms with Gasteiger partial charge in [-0.25, -0.2) is 9.37 Å². The van der Waals surface area contributed by atoms with Crippen molar-refractivity contribution in [1.29, 1.82) is 0 Å². The molecule has 1 aliphatic heterocycles. The standard InChI is InChI=1S/C22H20F4N6O/c1-30(20-5-2-14(11-27-20)22(24,25)26)18-8-13-9-19(18)31(12-13)21(33)16-10-15(23)3-4-17(16)32-28-6-7-29-32/h2-7,10-11,13,18-19H,8-9,12H2,1H3/t13-,18+,19-/m0/s1. The van der Waals surface area contributed by atoms with Gasteiger partial charge >= 0.3 is 6.18 Å². The van der Waals surface area contributed by atoms with Crippen molar-refractivity contribution >= 4 is 11.7 Å². The molecule has 2 fully saturated rings. The van der Waals surface area contributed by atoms with Gasteiger partial charge in [-0.05, 0) is 49.1 Å². The van der Waals surface area contributed by atoms with Crippen molar-refractivity contribution in [2.75, 3.05) is 18.5 Å². The van der Waals surface area contributed by atoms with Crippen molar-refractivity contribution in [3.63, 3.8) is 0 Å². The van der Waals surface area contributed by atoms with E-state index in [4.69, 9.17) is 0 Å². The number of carbonyl (C=O) groups excluding carboxylic acids is 1. The number of hydrogen-bond donors (Lipinski definition) is 0. The fourth-order valence-electron chi connectivity index (χ4n) is 4.92. The Kier molecular flexibility index (Phi) is 5.06. The molecule has 172 valence electrons. The molecular formula is C22H20F4N6O. The van der Waals surface area contributed by atoms with E-state index in [2.05, 4.69) is 15.2 Å². The quantitative estimate of drug-likeness (QED) is 0.557. The number of piperidine rings is 1. The van der Waals surface area contributed by atoms with Gasteiger partial charge in [0.05, 0.1) is 41.3 Å². The SMILES string of the molecule is CN(c1ccc(C(F)(F)F)cn1)[C@@H]1C[C@H]2C[C@@H]1N(C(=O)c1cc(F)ccc1-n1nccn1)C2. The molecule has 0 unspecified atom stereocenters. The van der Waals surface area contributed by atoms with Crippen molar-refractivity contribution in [3.8, 4) is 5.69 Å². The number of nitrogens with zero attached hydrogens (tertiary/aromatic N) is 6. The third kappa shape index (κ3) is 3.81. The number of benzene rings is 1. The van der Waals surface area contributed by atoms with E-state index >= 15 is 0 Å². The molecule has 1 saturated carbocycles. The summed E-state index contributed by atoms with van der Waals surface area (Å²) in [7, 11) is 1.77. The Balaban J connectivity index is 1.40. The molecule has 33 heavy (non-hydrogen) atoms. The van der Waals surface area contributed by atoms with Crippen LogP contribution in [0.2, 0.25) is 0 Å². The third-order valence-electron chi connectivity index (χ3n) is 6.47. The van der Waals surface area contributed by atoms with E-state index in [0.29, 0.717) is 18.1 Å². The van der Waals surface area contributed by atoms with Crippen LogP contribution in [0.5, 0.6) is 0 Å². The van der Waals surface area contributed by atoms with Gasteiger partial charge in [0.15, 0.2) is 0 Å². The highest BCUT2D eigenvalue weighted by Gasteiger charge is 2.49. The maximum absolute atomic E-state index is 14.0. The fourth-order valence-corrected chi connectivity index (χ4v) is 4.92. The lowest BCUT2D eigenvalue weighted by Gasteiger charge is -2.39. The van der Waals surface area contributed by atoms with Crippen LogP contribution in [0.25, 0.3) is 5.69 Å². The maximum Gasteiger partial charge on any atom is 0.417 e. The van der Waals surface area contributed by atoms with Gasteiger partial charge in [0.1, 0.15) is 11.6 Å². The summed E-state index contributed by atoms with van der Waals surface area (Å²) >= 11 is 0. The Hall–Kier alpha value is -3.50. The smallest absolute Gasteiger partial charge is 0.355 e. The van der Waals surface area contributed by atoms with Gasteiger partial charge in [-0.1, -0.05) is 0 Å². The van der Waals surface area contributed by atoms with Crippen LogP contribution in [-0.2, 0) is 6.18 Å². The number of hydrogen-bond acceptors (Lipinski definition) is 5. The summed E-state index contributed by atoms with van der Waals surface area (Å²) in [5.74, 6) is -0.213. The summed E-state index contributed by atoms with van der Waals surface area (Å²) in [5.41, 5.74) is -0.272. The number of likely N-dealkylation sites (N-methyl/N-ethyl adjacent to an activating group) is 1. The molecule has 1 aromatic carbocycles. The molecule has 1 aliphatic carbocycles. The van der Waals surface area contributed by atoms with Crippen molar-refractivity contribution in [2.24, 2.45) is 5.92 Å². The highest BCUT2D eigenvalue weighted by molar-refractivity contribution is 5.98. The molecule has 3 atom stereocenters. The summed E-state index contributed by atoms with van der Waals surface area (Å²) in [4.78, 5) is 22.3. The van der Waals surface area contributed by atoms with Crippen LogP contribution in [0.3, 0.4) is 0 Å². The number of aromatic nitrogens is 4. The second kappa shape index (κ2) is 7.82. The monoisotopic (exact) mass is 460 g/mol. The van der Waals surface area contributed by atoms with Gasteiger partial charge in [0.2, 0.25) is 0 Å². The molecule has 0 spiro atoms. The number of likely N-dealkylation sites (tertiary alicyclic amines) is 1. The minimum atomic E-state index is -4.45. The molecule has 5 rings (SSSR count). The Labute approximate surface area is 186 Å². The molecular weight excluding hydrogens is 440 g/mol. The topological polar surface area (TPSA) is 67.2 Å². The van der Waals surface area contributed by atoms with Gasteiger partial charge in [-0.3, -0.25) is 4.79 Å². The van der Waals surface area contributed by atoms with Crippen LogP contribution in [0.4, 0.5) is 23.4 Å². The van der Waals surface area contributed by atoms with Crippen LogP contribution in [0.1, 0.15) is 28.8 Å². The lowest BCUT2D eigenvalue weighted by Crippen LogP contribution is -2.51. The molecule has 3 aromatic rings. The van der Waals surface area contributed by atoms with Crippen LogP contribution in [0.15, 0.2) is 48.9 Å². The summed E-state index contributed by atoms with van der Waals surface area (Å²) in [6, 6.07) is 5.96. The lowest BCUT2D eigenvalue weighted by atomic mass is 10.0. The average Bonchev–Trinajstić information content (AvgIpc) is 3.55. The largest absolute Gasteiger partial charge is 0.417 e. The predicted octanol–water partition coefficient (Wildman–Crippen LogP) is 3.56. The molecule has 11 heteroatoms. The Morgan fingerprint density at radius 3 is 2.52 bits per heavy atom. The molecule has 2 aromatic heterocycles. The summed E-state index contributed by atoms with van der Waals surface area (Å²) in [6.07, 6.45) is 0.870. The van der Waals surface area contributed by atoms with Crippen LogP contribution in [0, 0.1) is 11.7 Å². The number of carbonyl (C=O) groups is 1. The van der Waals surface area contributed by atoms with E-state index in [1.54, 1.807) is 11.9 Å². The molecule has 1 saturated heterocycles.